The normalized spacial score (nSPS) is 18.8. The van der Waals surface area contributed by atoms with Gasteiger partial charge in [0.25, 0.3) is 0 Å². The van der Waals surface area contributed by atoms with E-state index in [4.69, 9.17) is 11.6 Å². The Morgan fingerprint density at radius 2 is 1.81 bits per heavy atom. The number of carbonyl (C=O) groups excluding carboxylic acids is 3. The van der Waals surface area contributed by atoms with E-state index in [0.29, 0.717) is 28.8 Å². The van der Waals surface area contributed by atoms with Crippen LogP contribution in [0.4, 0.5) is 4.39 Å². The van der Waals surface area contributed by atoms with Gasteiger partial charge in [0.1, 0.15) is 17.4 Å². The highest BCUT2D eigenvalue weighted by Gasteiger charge is 2.44. The maximum Gasteiger partial charge on any atom is 0.220 e. The highest BCUT2D eigenvalue weighted by Crippen LogP contribution is 2.38. The minimum Gasteiger partial charge on any atom is -0.356 e. The van der Waals surface area contributed by atoms with Gasteiger partial charge in [-0.15, -0.1) is 0 Å². The summed E-state index contributed by atoms with van der Waals surface area (Å²) in [7, 11) is 0. The molecule has 0 aliphatic heterocycles. The third kappa shape index (κ3) is 5.23. The van der Waals surface area contributed by atoms with Crippen LogP contribution in [0.25, 0.3) is 11.3 Å². The Hall–Kier alpha value is -2.60. The second kappa shape index (κ2) is 9.10. The summed E-state index contributed by atoms with van der Waals surface area (Å²) in [6.07, 6.45) is 1.44. The van der Waals surface area contributed by atoms with Gasteiger partial charge in [0.15, 0.2) is 11.6 Å². The molecule has 1 aliphatic carbocycles. The van der Waals surface area contributed by atoms with Crippen molar-refractivity contribution in [2.45, 2.75) is 53.4 Å². The summed E-state index contributed by atoms with van der Waals surface area (Å²) in [5.41, 5.74) is 2.69. The number of aryl methyl sites for hydroxylation is 2. The fraction of sp³-hybridized carbons (Fsp3) is 0.440. The molecule has 0 saturated heterocycles. The monoisotopic (exact) mass is 458 g/mol. The van der Waals surface area contributed by atoms with Gasteiger partial charge < -0.3 is 5.32 Å². The van der Waals surface area contributed by atoms with E-state index in [9.17, 15) is 18.8 Å². The summed E-state index contributed by atoms with van der Waals surface area (Å²) in [5, 5.41) is 3.05. The van der Waals surface area contributed by atoms with E-state index in [1.54, 1.807) is 26.0 Å². The fourth-order valence-electron chi connectivity index (χ4n) is 4.19. The van der Waals surface area contributed by atoms with Crippen molar-refractivity contribution in [3.8, 4) is 11.3 Å². The number of hydrogen-bond acceptors (Lipinski definition) is 4. The maximum atomic E-state index is 14.3. The molecule has 170 valence electrons. The SMILES string of the molecule is Cc1cc(-c2ncc(Cl)cc2F)cc(C)c1C1C(=O)CC(CC(=O)NCC(C)(C)C)C1=O. The molecule has 0 spiro atoms. The molecule has 1 fully saturated rings. The highest BCUT2D eigenvalue weighted by molar-refractivity contribution is 6.30. The second-order valence-corrected chi connectivity index (χ2v) is 10.2. The summed E-state index contributed by atoms with van der Waals surface area (Å²) < 4.78 is 14.3. The van der Waals surface area contributed by atoms with Gasteiger partial charge in [-0.1, -0.05) is 32.4 Å². The first-order chi connectivity index (χ1) is 14.9. The number of carbonyl (C=O) groups is 3. The average molecular weight is 459 g/mol. The molecule has 1 amide bonds. The third-order valence-electron chi connectivity index (χ3n) is 5.67. The number of amides is 1. The van der Waals surface area contributed by atoms with Gasteiger partial charge in [0.2, 0.25) is 5.91 Å². The summed E-state index contributed by atoms with van der Waals surface area (Å²) in [4.78, 5) is 42.3. The van der Waals surface area contributed by atoms with E-state index in [0.717, 1.165) is 0 Å². The second-order valence-electron chi connectivity index (χ2n) is 9.75. The molecular weight excluding hydrogens is 431 g/mol. The molecule has 7 heteroatoms. The predicted molar refractivity (Wildman–Crippen MR) is 122 cm³/mol. The maximum absolute atomic E-state index is 14.3. The van der Waals surface area contributed by atoms with Crippen LogP contribution < -0.4 is 5.32 Å². The molecule has 1 aliphatic rings. The van der Waals surface area contributed by atoms with Gasteiger partial charge >= 0.3 is 0 Å². The molecule has 2 atom stereocenters. The minimum absolute atomic E-state index is 0.00718. The largest absolute Gasteiger partial charge is 0.356 e. The minimum atomic E-state index is -0.896. The molecule has 1 aromatic carbocycles. The number of Topliss-reactive ketones (excluding diaryl/α,β-unsaturated/α-hetero) is 2. The molecule has 2 unspecified atom stereocenters. The molecule has 32 heavy (non-hydrogen) atoms. The Labute approximate surface area is 192 Å². The summed E-state index contributed by atoms with van der Waals surface area (Å²) >= 11 is 5.80. The first-order valence-electron chi connectivity index (χ1n) is 10.6. The van der Waals surface area contributed by atoms with Gasteiger partial charge in [-0.2, -0.15) is 0 Å². The van der Waals surface area contributed by atoms with Gasteiger partial charge in [-0.05, 0) is 54.2 Å². The molecular formula is C25H28ClFN2O3. The summed E-state index contributed by atoms with van der Waals surface area (Å²) in [6, 6.07) is 4.65. The lowest BCUT2D eigenvalue weighted by Gasteiger charge is -2.19. The van der Waals surface area contributed by atoms with Crippen LogP contribution in [0, 0.1) is 31.0 Å². The van der Waals surface area contributed by atoms with Gasteiger partial charge in [0, 0.05) is 37.1 Å². The Morgan fingerprint density at radius 1 is 1.19 bits per heavy atom. The number of benzene rings is 1. The van der Waals surface area contributed by atoms with Crippen LogP contribution in [0.5, 0.6) is 0 Å². The standard InChI is InChI=1S/C25H28ClFN2O3/c1-13-6-15(23-18(27)10-17(26)11-28-23)7-14(2)21(13)22-19(30)8-16(24(22)32)9-20(31)29-12-25(3,4)5/h6-7,10-11,16,22H,8-9,12H2,1-5H3,(H,29,31). The van der Waals surface area contributed by atoms with Crippen LogP contribution in [0.3, 0.4) is 0 Å². The van der Waals surface area contributed by atoms with Crippen LogP contribution >= 0.6 is 11.6 Å². The summed E-state index contributed by atoms with van der Waals surface area (Å²) in [6.45, 7) is 10.1. The van der Waals surface area contributed by atoms with Crippen molar-refractivity contribution in [2.75, 3.05) is 6.54 Å². The molecule has 1 saturated carbocycles. The first-order valence-corrected chi connectivity index (χ1v) is 11.0. The quantitative estimate of drug-likeness (QED) is 0.643. The van der Waals surface area contributed by atoms with Crippen LogP contribution in [0.2, 0.25) is 5.02 Å². The Kier molecular flexibility index (Phi) is 6.84. The smallest absolute Gasteiger partial charge is 0.220 e. The zero-order valence-electron chi connectivity index (χ0n) is 19.0. The van der Waals surface area contributed by atoms with Gasteiger partial charge in [0.05, 0.1) is 5.02 Å². The Balaban J connectivity index is 1.84. The van der Waals surface area contributed by atoms with Crippen molar-refractivity contribution in [2.24, 2.45) is 11.3 Å². The predicted octanol–water partition coefficient (Wildman–Crippen LogP) is 4.95. The zero-order chi connectivity index (χ0) is 23.8. The van der Waals surface area contributed by atoms with Crippen molar-refractivity contribution in [3.05, 3.63) is 51.9 Å². The number of aromatic nitrogens is 1. The number of ketones is 2. The lowest BCUT2D eigenvalue weighted by atomic mass is 9.85. The van der Waals surface area contributed by atoms with Crippen molar-refractivity contribution >= 4 is 29.1 Å². The van der Waals surface area contributed by atoms with Crippen LogP contribution in [0.1, 0.15) is 56.2 Å². The van der Waals surface area contributed by atoms with Gasteiger partial charge in [-0.3, -0.25) is 19.4 Å². The first kappa shape index (κ1) is 24.1. The molecule has 2 aromatic rings. The number of rotatable bonds is 5. The lowest BCUT2D eigenvalue weighted by molar-refractivity contribution is -0.128. The average Bonchev–Trinajstić information content (AvgIpc) is 2.93. The number of halogens is 2. The van der Waals surface area contributed by atoms with Crippen molar-refractivity contribution < 1.29 is 18.8 Å². The lowest BCUT2D eigenvalue weighted by Crippen LogP contribution is -2.34. The Morgan fingerprint density at radius 3 is 2.38 bits per heavy atom. The van der Waals surface area contributed by atoms with E-state index in [1.165, 1.54) is 12.3 Å². The summed E-state index contributed by atoms with van der Waals surface area (Å²) in [5.74, 6) is -2.69. The fourth-order valence-corrected chi connectivity index (χ4v) is 4.33. The highest BCUT2D eigenvalue weighted by atomic mass is 35.5. The third-order valence-corrected chi connectivity index (χ3v) is 5.87. The molecule has 0 radical (unpaired) electrons. The van der Waals surface area contributed by atoms with E-state index in [2.05, 4.69) is 10.3 Å². The van der Waals surface area contributed by atoms with Crippen molar-refractivity contribution in [1.82, 2.24) is 10.3 Å². The zero-order valence-corrected chi connectivity index (χ0v) is 19.8. The molecule has 1 N–H and O–H groups in total. The van der Waals surface area contributed by atoms with E-state index in [-0.39, 0.29) is 46.4 Å². The number of pyridine rings is 1. The van der Waals surface area contributed by atoms with Crippen molar-refractivity contribution in [3.63, 3.8) is 0 Å². The molecule has 1 heterocycles. The van der Waals surface area contributed by atoms with E-state index < -0.39 is 17.7 Å². The van der Waals surface area contributed by atoms with E-state index in [1.807, 2.05) is 20.8 Å². The topological polar surface area (TPSA) is 76.1 Å². The molecule has 0 bridgehead atoms. The molecule has 1 aromatic heterocycles. The number of nitrogens with zero attached hydrogens (tertiary/aromatic N) is 1. The van der Waals surface area contributed by atoms with Crippen LogP contribution in [-0.4, -0.2) is 29.0 Å². The van der Waals surface area contributed by atoms with Crippen molar-refractivity contribution in [1.29, 1.82) is 0 Å². The van der Waals surface area contributed by atoms with Gasteiger partial charge in [-0.25, -0.2) is 4.39 Å². The van der Waals surface area contributed by atoms with E-state index >= 15 is 0 Å². The Bertz CT molecular complexity index is 1070. The molecule has 5 nitrogen and oxygen atoms in total. The van der Waals surface area contributed by atoms with Crippen LogP contribution in [0.15, 0.2) is 24.4 Å². The number of nitrogens with one attached hydrogen (secondary N) is 1. The molecule has 3 rings (SSSR count). The van der Waals surface area contributed by atoms with Crippen LogP contribution in [-0.2, 0) is 14.4 Å². The number of hydrogen-bond donors (Lipinski definition) is 1.